The van der Waals surface area contributed by atoms with Gasteiger partial charge in [0, 0.05) is 23.7 Å². The van der Waals surface area contributed by atoms with Gasteiger partial charge < -0.3 is 9.88 Å². The zero-order valence-electron chi connectivity index (χ0n) is 13.8. The number of nitrogens with one attached hydrogen (secondary N) is 1. The van der Waals surface area contributed by atoms with Gasteiger partial charge in [0.15, 0.2) is 11.0 Å². The van der Waals surface area contributed by atoms with E-state index in [2.05, 4.69) is 15.5 Å². The molecule has 0 unspecified atom stereocenters. The lowest BCUT2D eigenvalue weighted by Crippen LogP contribution is -2.37. The lowest BCUT2D eigenvalue weighted by Gasteiger charge is -2.16. The van der Waals surface area contributed by atoms with E-state index in [1.54, 1.807) is 0 Å². The molecule has 0 radical (unpaired) electrons. The largest absolute Gasteiger partial charge is 0.352 e. The van der Waals surface area contributed by atoms with Crippen molar-refractivity contribution in [3.8, 4) is 11.4 Å². The number of halogens is 1. The average molecular weight is 365 g/mol. The van der Waals surface area contributed by atoms with Crippen LogP contribution in [-0.4, -0.2) is 32.0 Å². The van der Waals surface area contributed by atoms with E-state index in [9.17, 15) is 4.79 Å². The van der Waals surface area contributed by atoms with Crippen molar-refractivity contribution >= 4 is 29.3 Å². The van der Waals surface area contributed by atoms with Crippen molar-refractivity contribution in [3.63, 3.8) is 0 Å². The molecule has 2 aromatic rings. The average Bonchev–Trinajstić information content (AvgIpc) is 3.19. The smallest absolute Gasteiger partial charge is 0.233 e. The summed E-state index contributed by atoms with van der Waals surface area (Å²) in [6.07, 6.45) is 4.60. The van der Waals surface area contributed by atoms with Crippen molar-refractivity contribution in [1.82, 2.24) is 20.1 Å². The van der Waals surface area contributed by atoms with Crippen LogP contribution < -0.4 is 5.32 Å². The van der Waals surface area contributed by atoms with Gasteiger partial charge in [0.25, 0.3) is 0 Å². The monoisotopic (exact) mass is 364 g/mol. The van der Waals surface area contributed by atoms with Crippen molar-refractivity contribution in [2.24, 2.45) is 7.05 Å². The summed E-state index contributed by atoms with van der Waals surface area (Å²) in [4.78, 5) is 12.3. The number of hydrogen-bond donors (Lipinski definition) is 1. The maximum absolute atomic E-state index is 12.3. The second-order valence-electron chi connectivity index (χ2n) is 6.12. The Morgan fingerprint density at radius 3 is 2.62 bits per heavy atom. The van der Waals surface area contributed by atoms with Crippen molar-refractivity contribution in [1.29, 1.82) is 0 Å². The highest BCUT2D eigenvalue weighted by Crippen LogP contribution is 2.27. The highest BCUT2D eigenvalue weighted by Gasteiger charge is 2.23. The molecule has 1 aromatic carbocycles. The molecule has 0 spiro atoms. The Bertz CT molecular complexity index is 710. The SMILES string of the molecule is C[C@H](Sc1nnc(-c2ccc(Cl)cc2)n1C)C(=O)NC1CCCC1. The molecular formula is C17H21ClN4OS. The second-order valence-corrected chi connectivity index (χ2v) is 7.87. The molecule has 1 saturated carbocycles. The van der Waals surface area contributed by atoms with E-state index in [0.29, 0.717) is 11.1 Å². The van der Waals surface area contributed by atoms with Crippen LogP contribution in [0, 0.1) is 0 Å². The number of carbonyl (C=O) groups excluding carboxylic acids is 1. The van der Waals surface area contributed by atoms with Crippen LogP contribution in [0.1, 0.15) is 32.6 Å². The molecule has 128 valence electrons. The van der Waals surface area contributed by atoms with Gasteiger partial charge in [-0.05, 0) is 44.0 Å². The number of hydrogen-bond acceptors (Lipinski definition) is 4. The minimum atomic E-state index is -0.202. The lowest BCUT2D eigenvalue weighted by atomic mass is 10.2. The molecule has 1 atom stereocenters. The molecule has 1 aliphatic carbocycles. The zero-order chi connectivity index (χ0) is 17.1. The first-order valence-electron chi connectivity index (χ1n) is 8.17. The van der Waals surface area contributed by atoms with Crippen molar-refractivity contribution < 1.29 is 4.79 Å². The highest BCUT2D eigenvalue weighted by molar-refractivity contribution is 8.00. The van der Waals surface area contributed by atoms with Gasteiger partial charge in [-0.3, -0.25) is 4.79 Å². The van der Waals surface area contributed by atoms with Gasteiger partial charge in [-0.1, -0.05) is 36.2 Å². The Hall–Kier alpha value is -1.53. The molecule has 1 amide bonds. The van der Waals surface area contributed by atoms with E-state index in [-0.39, 0.29) is 11.2 Å². The highest BCUT2D eigenvalue weighted by atomic mass is 35.5. The first kappa shape index (κ1) is 17.3. The summed E-state index contributed by atoms with van der Waals surface area (Å²) in [5, 5.41) is 12.8. The topological polar surface area (TPSA) is 59.8 Å². The van der Waals surface area contributed by atoms with Crippen LogP contribution in [0.5, 0.6) is 0 Å². The van der Waals surface area contributed by atoms with Crippen molar-refractivity contribution in [3.05, 3.63) is 29.3 Å². The van der Waals surface area contributed by atoms with Gasteiger partial charge >= 0.3 is 0 Å². The maximum Gasteiger partial charge on any atom is 0.233 e. The Kier molecular flexibility index (Phi) is 5.46. The third-order valence-corrected chi connectivity index (χ3v) is 5.68. The molecule has 1 heterocycles. The standard InChI is InChI=1S/C17H21ClN4OS/c1-11(16(23)19-14-5-3-4-6-14)24-17-21-20-15(22(17)2)12-7-9-13(18)10-8-12/h7-11,14H,3-6H2,1-2H3,(H,19,23)/t11-/m0/s1. The van der Waals surface area contributed by atoms with Gasteiger partial charge in [0.1, 0.15) is 0 Å². The lowest BCUT2D eigenvalue weighted by molar-refractivity contribution is -0.120. The van der Waals surface area contributed by atoms with Gasteiger partial charge in [0.2, 0.25) is 5.91 Å². The molecule has 1 fully saturated rings. The predicted octanol–water partition coefficient (Wildman–Crippen LogP) is 3.67. The van der Waals surface area contributed by atoms with Crippen LogP contribution in [0.3, 0.4) is 0 Å². The zero-order valence-corrected chi connectivity index (χ0v) is 15.4. The van der Waals surface area contributed by atoms with Crippen LogP contribution in [0.4, 0.5) is 0 Å². The van der Waals surface area contributed by atoms with Crippen LogP contribution >= 0.6 is 23.4 Å². The summed E-state index contributed by atoms with van der Waals surface area (Å²) < 4.78 is 1.91. The second kappa shape index (κ2) is 7.57. The minimum Gasteiger partial charge on any atom is -0.352 e. The molecule has 0 aliphatic heterocycles. The number of rotatable bonds is 5. The van der Waals surface area contributed by atoms with Gasteiger partial charge in [-0.25, -0.2) is 0 Å². The van der Waals surface area contributed by atoms with Gasteiger partial charge in [-0.15, -0.1) is 10.2 Å². The number of carbonyl (C=O) groups is 1. The summed E-state index contributed by atoms with van der Waals surface area (Å²) in [5.74, 6) is 0.834. The number of thioether (sulfide) groups is 1. The molecule has 1 aromatic heterocycles. The summed E-state index contributed by atoms with van der Waals surface area (Å²) in [6, 6.07) is 7.82. The van der Waals surface area contributed by atoms with E-state index < -0.39 is 0 Å². The number of amides is 1. The molecular weight excluding hydrogens is 344 g/mol. The Morgan fingerprint density at radius 2 is 1.96 bits per heavy atom. The predicted molar refractivity (Wildman–Crippen MR) is 97.2 cm³/mol. The fourth-order valence-electron chi connectivity index (χ4n) is 2.87. The fraction of sp³-hybridized carbons (Fsp3) is 0.471. The minimum absolute atomic E-state index is 0.0722. The third kappa shape index (κ3) is 3.92. The molecule has 24 heavy (non-hydrogen) atoms. The molecule has 5 nitrogen and oxygen atoms in total. The normalized spacial score (nSPS) is 16.3. The van der Waals surface area contributed by atoms with E-state index in [0.717, 1.165) is 29.4 Å². The van der Waals surface area contributed by atoms with E-state index in [4.69, 9.17) is 11.6 Å². The number of aromatic nitrogens is 3. The van der Waals surface area contributed by atoms with E-state index in [1.807, 2.05) is 42.8 Å². The van der Waals surface area contributed by atoms with Crippen LogP contribution in [-0.2, 0) is 11.8 Å². The van der Waals surface area contributed by atoms with Crippen LogP contribution in [0.15, 0.2) is 29.4 Å². The van der Waals surface area contributed by atoms with Crippen LogP contribution in [0.2, 0.25) is 5.02 Å². The molecule has 3 rings (SSSR count). The maximum atomic E-state index is 12.3. The Labute approximate surface area is 151 Å². The number of benzene rings is 1. The first-order chi connectivity index (χ1) is 11.5. The van der Waals surface area contributed by atoms with E-state index in [1.165, 1.54) is 24.6 Å². The van der Waals surface area contributed by atoms with Gasteiger partial charge in [-0.2, -0.15) is 0 Å². The summed E-state index contributed by atoms with van der Waals surface area (Å²) in [7, 11) is 1.91. The summed E-state index contributed by atoms with van der Waals surface area (Å²) in [5.41, 5.74) is 0.948. The summed E-state index contributed by atoms with van der Waals surface area (Å²) in [6.45, 7) is 1.91. The van der Waals surface area contributed by atoms with Crippen LogP contribution in [0.25, 0.3) is 11.4 Å². The third-order valence-electron chi connectivity index (χ3n) is 4.29. The van der Waals surface area contributed by atoms with Crippen molar-refractivity contribution in [2.75, 3.05) is 0 Å². The fourth-order valence-corrected chi connectivity index (χ4v) is 3.82. The summed E-state index contributed by atoms with van der Waals surface area (Å²) >= 11 is 7.36. The molecule has 7 heteroatoms. The van der Waals surface area contributed by atoms with Gasteiger partial charge in [0.05, 0.1) is 5.25 Å². The molecule has 0 saturated heterocycles. The molecule has 0 bridgehead atoms. The Balaban J connectivity index is 1.66. The van der Waals surface area contributed by atoms with E-state index >= 15 is 0 Å². The molecule has 1 aliphatic rings. The molecule has 1 N–H and O–H groups in total. The quantitative estimate of drug-likeness (QED) is 0.822. The Morgan fingerprint density at radius 1 is 1.29 bits per heavy atom. The first-order valence-corrected chi connectivity index (χ1v) is 9.42. The number of nitrogens with zero attached hydrogens (tertiary/aromatic N) is 3. The van der Waals surface area contributed by atoms with Crippen molar-refractivity contribution in [2.45, 2.75) is 49.1 Å².